The van der Waals surface area contributed by atoms with Gasteiger partial charge in [-0.3, -0.25) is 19.3 Å². The van der Waals surface area contributed by atoms with Crippen LogP contribution in [0.1, 0.15) is 17.5 Å². The molecule has 0 N–H and O–H groups in total. The number of rotatable bonds is 3. The van der Waals surface area contributed by atoms with Gasteiger partial charge in [-0.05, 0) is 42.8 Å². The smallest absolute Gasteiger partial charge is 0.266 e. The molecule has 0 bridgehead atoms. The molecule has 2 aliphatic heterocycles. The topological polar surface area (TPSA) is 57.7 Å². The van der Waals surface area contributed by atoms with Crippen molar-refractivity contribution < 1.29 is 14.4 Å². The molecule has 2 aromatic carbocycles. The number of imide groups is 1. The molecule has 2 aromatic rings. The predicted octanol–water partition coefficient (Wildman–Crippen LogP) is 4.18. The third-order valence-corrected chi connectivity index (χ3v) is 6.30. The van der Waals surface area contributed by atoms with Crippen molar-refractivity contribution in [3.8, 4) is 0 Å². The maximum Gasteiger partial charge on any atom is 0.266 e. The number of halogens is 1. The third kappa shape index (κ3) is 3.73. The Morgan fingerprint density at radius 2 is 1.72 bits per heavy atom. The Morgan fingerprint density at radius 1 is 1.07 bits per heavy atom. The lowest BCUT2D eigenvalue weighted by atomic mass is 10.2. The van der Waals surface area contributed by atoms with Crippen LogP contribution in [0.5, 0.6) is 0 Å². The van der Waals surface area contributed by atoms with E-state index in [4.69, 9.17) is 23.8 Å². The van der Waals surface area contributed by atoms with Crippen LogP contribution in [0.25, 0.3) is 6.08 Å². The SMILES string of the molecule is Cc1ccc(N2C(=O)CC(N3C(=O)C(=Cc4ccc(Cl)cc4)SC3=S)C2=O)cc1. The van der Waals surface area contributed by atoms with Gasteiger partial charge in [0.05, 0.1) is 17.0 Å². The number of thiocarbonyl (C=S) groups is 1. The van der Waals surface area contributed by atoms with E-state index in [0.29, 0.717) is 15.6 Å². The molecule has 8 heteroatoms. The van der Waals surface area contributed by atoms with E-state index in [1.807, 2.05) is 19.1 Å². The number of anilines is 1. The summed E-state index contributed by atoms with van der Waals surface area (Å²) in [6.45, 7) is 1.92. The normalized spacial score (nSPS) is 21.0. The van der Waals surface area contributed by atoms with Crippen LogP contribution in [0, 0.1) is 6.92 Å². The second-order valence-electron chi connectivity index (χ2n) is 6.73. The van der Waals surface area contributed by atoms with Crippen molar-refractivity contribution in [2.24, 2.45) is 0 Å². The minimum absolute atomic E-state index is 0.0899. The Morgan fingerprint density at radius 3 is 2.38 bits per heavy atom. The van der Waals surface area contributed by atoms with Gasteiger partial charge in [-0.1, -0.05) is 65.4 Å². The first-order chi connectivity index (χ1) is 13.8. The van der Waals surface area contributed by atoms with Crippen molar-refractivity contribution in [3.63, 3.8) is 0 Å². The highest BCUT2D eigenvalue weighted by Crippen LogP contribution is 2.37. The highest BCUT2D eigenvalue weighted by molar-refractivity contribution is 8.26. The Balaban J connectivity index is 1.59. The molecule has 3 amide bonds. The van der Waals surface area contributed by atoms with E-state index in [2.05, 4.69) is 0 Å². The molecular formula is C21H15ClN2O3S2. The first-order valence-corrected chi connectivity index (χ1v) is 10.4. The summed E-state index contributed by atoms with van der Waals surface area (Å²) in [5.41, 5.74) is 2.31. The second-order valence-corrected chi connectivity index (χ2v) is 8.84. The highest BCUT2D eigenvalue weighted by Gasteiger charge is 2.48. The molecule has 2 fully saturated rings. The van der Waals surface area contributed by atoms with Gasteiger partial charge in [-0.2, -0.15) is 0 Å². The molecular weight excluding hydrogens is 428 g/mol. The standard InChI is InChI=1S/C21H15ClN2O3S2/c1-12-2-8-15(9-3-12)23-18(25)11-16(19(23)26)24-20(27)17(29-21(24)28)10-13-4-6-14(22)7-5-13/h2-10,16H,11H2,1H3. The molecule has 5 nitrogen and oxygen atoms in total. The van der Waals surface area contributed by atoms with Crippen LogP contribution in [0.2, 0.25) is 5.02 Å². The summed E-state index contributed by atoms with van der Waals surface area (Å²) in [6.07, 6.45) is 1.61. The number of carbonyl (C=O) groups is 3. The van der Waals surface area contributed by atoms with Crippen LogP contribution in [-0.2, 0) is 14.4 Å². The Hall–Kier alpha value is -2.48. The van der Waals surface area contributed by atoms with E-state index in [0.717, 1.165) is 27.8 Å². The third-order valence-electron chi connectivity index (χ3n) is 4.72. The minimum Gasteiger partial charge on any atom is -0.280 e. The largest absolute Gasteiger partial charge is 0.280 e. The van der Waals surface area contributed by atoms with Crippen molar-refractivity contribution in [3.05, 3.63) is 69.6 Å². The van der Waals surface area contributed by atoms with Gasteiger partial charge in [0.1, 0.15) is 10.4 Å². The number of hydrogen-bond acceptors (Lipinski definition) is 5. The van der Waals surface area contributed by atoms with Gasteiger partial charge in [0.25, 0.3) is 11.8 Å². The zero-order chi connectivity index (χ0) is 20.7. The number of nitrogens with zero attached hydrogens (tertiary/aromatic N) is 2. The van der Waals surface area contributed by atoms with Gasteiger partial charge in [-0.25, -0.2) is 4.90 Å². The average molecular weight is 443 g/mol. The summed E-state index contributed by atoms with van der Waals surface area (Å²) in [5.74, 6) is -1.16. The lowest BCUT2D eigenvalue weighted by Gasteiger charge is -2.21. The van der Waals surface area contributed by atoms with Crippen LogP contribution >= 0.6 is 35.6 Å². The maximum absolute atomic E-state index is 13.0. The van der Waals surface area contributed by atoms with Crippen molar-refractivity contribution in [2.75, 3.05) is 4.90 Å². The first-order valence-electron chi connectivity index (χ1n) is 8.81. The molecule has 1 unspecified atom stereocenters. The lowest BCUT2D eigenvalue weighted by Crippen LogP contribution is -2.44. The molecule has 29 heavy (non-hydrogen) atoms. The number of amides is 3. The Labute approximate surface area is 182 Å². The summed E-state index contributed by atoms with van der Waals surface area (Å²) in [4.78, 5) is 41.3. The van der Waals surface area contributed by atoms with Crippen molar-refractivity contribution in [1.82, 2.24) is 4.90 Å². The molecule has 2 heterocycles. The van der Waals surface area contributed by atoms with E-state index in [1.54, 1.807) is 42.5 Å². The molecule has 2 saturated heterocycles. The second kappa shape index (κ2) is 7.74. The van der Waals surface area contributed by atoms with Gasteiger partial charge >= 0.3 is 0 Å². The number of benzene rings is 2. The van der Waals surface area contributed by atoms with Crippen molar-refractivity contribution >= 4 is 69.4 Å². The highest BCUT2D eigenvalue weighted by atomic mass is 35.5. The van der Waals surface area contributed by atoms with Gasteiger partial charge in [0, 0.05) is 5.02 Å². The lowest BCUT2D eigenvalue weighted by molar-refractivity contribution is -0.129. The predicted molar refractivity (Wildman–Crippen MR) is 119 cm³/mol. The zero-order valence-electron chi connectivity index (χ0n) is 15.3. The van der Waals surface area contributed by atoms with Gasteiger partial charge in [0.2, 0.25) is 5.91 Å². The maximum atomic E-state index is 13.0. The van der Waals surface area contributed by atoms with Gasteiger partial charge in [-0.15, -0.1) is 0 Å². The summed E-state index contributed by atoms with van der Waals surface area (Å²) in [5, 5.41) is 0.598. The minimum atomic E-state index is -0.924. The van der Waals surface area contributed by atoms with Crippen LogP contribution in [0.15, 0.2) is 53.4 Å². The van der Waals surface area contributed by atoms with E-state index < -0.39 is 11.9 Å². The van der Waals surface area contributed by atoms with Crippen molar-refractivity contribution in [1.29, 1.82) is 0 Å². The summed E-state index contributed by atoms with van der Waals surface area (Å²) in [7, 11) is 0. The first kappa shape index (κ1) is 19.8. The molecule has 2 aliphatic rings. The van der Waals surface area contributed by atoms with E-state index in [9.17, 15) is 14.4 Å². The fraction of sp³-hybridized carbons (Fsp3) is 0.143. The number of aryl methyl sites for hydroxylation is 1. The van der Waals surface area contributed by atoms with Gasteiger partial charge in [0.15, 0.2) is 0 Å². The molecule has 146 valence electrons. The quantitative estimate of drug-likeness (QED) is 0.405. The van der Waals surface area contributed by atoms with E-state index >= 15 is 0 Å². The summed E-state index contributed by atoms with van der Waals surface area (Å²) < 4.78 is 0.270. The number of hydrogen-bond donors (Lipinski definition) is 0. The summed E-state index contributed by atoms with van der Waals surface area (Å²) >= 11 is 12.4. The Bertz CT molecular complexity index is 1060. The van der Waals surface area contributed by atoms with Crippen LogP contribution in [-0.4, -0.2) is 33.0 Å². The monoisotopic (exact) mass is 442 g/mol. The molecule has 0 aromatic heterocycles. The molecule has 0 spiro atoms. The molecule has 0 aliphatic carbocycles. The summed E-state index contributed by atoms with van der Waals surface area (Å²) in [6, 6.07) is 13.2. The van der Waals surface area contributed by atoms with Crippen LogP contribution < -0.4 is 4.90 Å². The number of carbonyl (C=O) groups excluding carboxylic acids is 3. The molecule has 0 radical (unpaired) electrons. The van der Waals surface area contributed by atoms with E-state index in [1.165, 1.54) is 4.90 Å². The molecule has 4 rings (SSSR count). The van der Waals surface area contributed by atoms with Gasteiger partial charge < -0.3 is 0 Å². The molecule has 0 saturated carbocycles. The Kier molecular flexibility index (Phi) is 5.29. The molecule has 1 atom stereocenters. The fourth-order valence-corrected chi connectivity index (χ4v) is 4.72. The van der Waals surface area contributed by atoms with Crippen molar-refractivity contribution in [2.45, 2.75) is 19.4 Å². The van der Waals surface area contributed by atoms with Crippen LogP contribution in [0.4, 0.5) is 5.69 Å². The fourth-order valence-electron chi connectivity index (χ4n) is 3.24. The average Bonchev–Trinajstić information content (AvgIpc) is 3.12. The zero-order valence-corrected chi connectivity index (χ0v) is 17.7. The van der Waals surface area contributed by atoms with Crippen LogP contribution in [0.3, 0.4) is 0 Å². The number of thioether (sulfide) groups is 1. The van der Waals surface area contributed by atoms with E-state index in [-0.39, 0.29) is 22.6 Å².